The van der Waals surface area contributed by atoms with Crippen LogP contribution in [0.3, 0.4) is 0 Å². The first kappa shape index (κ1) is 23.7. The summed E-state index contributed by atoms with van der Waals surface area (Å²) in [5.74, 6) is -1.91. The number of hydrogen-bond acceptors (Lipinski definition) is 8. The van der Waals surface area contributed by atoms with E-state index in [9.17, 15) is 14.4 Å². The molecule has 0 spiro atoms. The lowest BCUT2D eigenvalue weighted by molar-refractivity contribution is -0.140. The van der Waals surface area contributed by atoms with E-state index >= 15 is 0 Å². The van der Waals surface area contributed by atoms with E-state index < -0.39 is 23.1 Å². The molecule has 2 aliphatic heterocycles. The average Bonchev–Trinajstić information content (AvgIpc) is 3.08. The number of fused-ring (bicyclic) bond motifs is 1. The van der Waals surface area contributed by atoms with Gasteiger partial charge in [0.2, 0.25) is 5.91 Å². The summed E-state index contributed by atoms with van der Waals surface area (Å²) in [6.45, 7) is 5.76. The van der Waals surface area contributed by atoms with Crippen LogP contribution >= 0.6 is 11.8 Å². The van der Waals surface area contributed by atoms with Crippen LogP contribution in [0.1, 0.15) is 45.1 Å². The number of esters is 2. The highest BCUT2D eigenvalue weighted by atomic mass is 32.2. The molecule has 1 saturated heterocycles. The predicted molar refractivity (Wildman–Crippen MR) is 120 cm³/mol. The number of methoxy groups -OCH3 is 1. The van der Waals surface area contributed by atoms with Gasteiger partial charge in [0.25, 0.3) is 0 Å². The number of unbranched alkanes of at least 4 members (excludes halogenated alkanes) is 1. The van der Waals surface area contributed by atoms with Gasteiger partial charge in [-0.15, -0.1) is 0 Å². The van der Waals surface area contributed by atoms with Crippen molar-refractivity contribution in [3.63, 3.8) is 0 Å². The highest BCUT2D eigenvalue weighted by Gasteiger charge is 2.49. The zero-order valence-corrected chi connectivity index (χ0v) is 19.5. The Hall–Kier alpha value is -2.94. The van der Waals surface area contributed by atoms with Crippen LogP contribution in [-0.4, -0.2) is 48.3 Å². The SMILES string of the molecule is CCCCOC(=O)C1=C(N)N2C(=O)C(C)SC2=C(C(=O)OCC)C1c1cccc(OC)c1. The third-order valence-corrected chi connectivity index (χ3v) is 6.44. The third kappa shape index (κ3) is 4.34. The molecule has 0 aromatic heterocycles. The van der Waals surface area contributed by atoms with Crippen molar-refractivity contribution in [1.29, 1.82) is 0 Å². The lowest BCUT2D eigenvalue weighted by Crippen LogP contribution is -2.40. The molecule has 2 unspecified atom stereocenters. The van der Waals surface area contributed by atoms with Gasteiger partial charge >= 0.3 is 11.9 Å². The van der Waals surface area contributed by atoms with Crippen LogP contribution in [-0.2, 0) is 23.9 Å². The summed E-state index contributed by atoms with van der Waals surface area (Å²) >= 11 is 1.22. The van der Waals surface area contributed by atoms with Gasteiger partial charge < -0.3 is 19.9 Å². The van der Waals surface area contributed by atoms with Crippen LogP contribution < -0.4 is 10.5 Å². The molecule has 2 N–H and O–H groups in total. The summed E-state index contributed by atoms with van der Waals surface area (Å²) in [4.78, 5) is 40.5. The zero-order valence-electron chi connectivity index (χ0n) is 18.7. The van der Waals surface area contributed by atoms with E-state index in [1.807, 2.05) is 6.92 Å². The fourth-order valence-corrected chi connectivity index (χ4v) is 4.84. The van der Waals surface area contributed by atoms with Crippen LogP contribution in [0.5, 0.6) is 5.75 Å². The van der Waals surface area contributed by atoms with Gasteiger partial charge in [-0.25, -0.2) is 9.59 Å². The molecule has 1 fully saturated rings. The van der Waals surface area contributed by atoms with Crippen molar-refractivity contribution in [2.24, 2.45) is 5.73 Å². The quantitative estimate of drug-likeness (QED) is 0.466. The van der Waals surface area contributed by atoms with Gasteiger partial charge in [0.1, 0.15) is 11.6 Å². The third-order valence-electron chi connectivity index (χ3n) is 5.26. The Balaban J connectivity index is 2.23. The number of nitrogens with zero attached hydrogens (tertiary/aromatic N) is 1. The Bertz CT molecular complexity index is 986. The van der Waals surface area contributed by atoms with E-state index in [4.69, 9.17) is 19.9 Å². The Kier molecular flexibility index (Phi) is 7.50. The van der Waals surface area contributed by atoms with E-state index in [0.717, 1.165) is 6.42 Å². The first-order valence-electron chi connectivity index (χ1n) is 10.6. The lowest BCUT2D eigenvalue weighted by atomic mass is 9.82. The summed E-state index contributed by atoms with van der Waals surface area (Å²) in [7, 11) is 1.53. The van der Waals surface area contributed by atoms with E-state index in [0.29, 0.717) is 22.8 Å². The molecular weight excluding hydrogens is 432 g/mol. The maximum absolute atomic E-state index is 13.2. The number of hydrogen-bond donors (Lipinski definition) is 1. The molecule has 0 radical (unpaired) electrons. The summed E-state index contributed by atoms with van der Waals surface area (Å²) in [6, 6.07) is 7.04. The second kappa shape index (κ2) is 10.1. The van der Waals surface area contributed by atoms with Crippen LogP contribution in [0.15, 0.2) is 46.3 Å². The number of rotatable bonds is 8. The molecule has 0 aliphatic carbocycles. The molecule has 1 aromatic carbocycles. The molecule has 2 aliphatic rings. The second-order valence-electron chi connectivity index (χ2n) is 7.37. The number of carbonyl (C=O) groups excluding carboxylic acids is 3. The van der Waals surface area contributed by atoms with Gasteiger partial charge in [0.15, 0.2) is 0 Å². The molecule has 2 heterocycles. The summed E-state index contributed by atoms with van der Waals surface area (Å²) in [6.07, 6.45) is 1.53. The summed E-state index contributed by atoms with van der Waals surface area (Å²) < 4.78 is 16.2. The Morgan fingerprint density at radius 2 is 1.88 bits per heavy atom. The largest absolute Gasteiger partial charge is 0.497 e. The second-order valence-corrected chi connectivity index (χ2v) is 8.70. The Morgan fingerprint density at radius 3 is 2.53 bits per heavy atom. The molecule has 1 aromatic rings. The maximum Gasteiger partial charge on any atom is 0.338 e. The standard InChI is InChI=1S/C23H28N2O6S/c1-5-7-11-31-22(27)17-16(14-9-8-10-15(12-14)29-4)18(23(28)30-6-2)21-25(19(17)24)20(26)13(3)32-21/h8-10,12-13,16H,5-7,11,24H2,1-4H3. The maximum atomic E-state index is 13.2. The number of benzene rings is 1. The van der Waals surface area contributed by atoms with Gasteiger partial charge in [-0.05, 0) is 38.0 Å². The van der Waals surface area contributed by atoms with Crippen molar-refractivity contribution >= 4 is 29.6 Å². The molecular formula is C23H28N2O6S. The molecule has 8 nitrogen and oxygen atoms in total. The van der Waals surface area contributed by atoms with Crippen LogP contribution in [0.25, 0.3) is 0 Å². The number of carbonyl (C=O) groups is 3. The van der Waals surface area contributed by atoms with Gasteiger partial charge in [0, 0.05) is 0 Å². The average molecular weight is 461 g/mol. The van der Waals surface area contributed by atoms with Crippen molar-refractivity contribution in [2.75, 3.05) is 20.3 Å². The minimum absolute atomic E-state index is 0.0239. The van der Waals surface area contributed by atoms with Crippen LogP contribution in [0.4, 0.5) is 0 Å². The minimum Gasteiger partial charge on any atom is -0.497 e. The van der Waals surface area contributed by atoms with Crippen molar-refractivity contribution < 1.29 is 28.6 Å². The number of ether oxygens (including phenoxy) is 3. The van der Waals surface area contributed by atoms with Crippen molar-refractivity contribution in [2.45, 2.75) is 44.8 Å². The Labute approximate surface area is 191 Å². The first-order valence-corrected chi connectivity index (χ1v) is 11.5. The fourth-order valence-electron chi connectivity index (χ4n) is 3.68. The summed E-state index contributed by atoms with van der Waals surface area (Å²) in [5.41, 5.74) is 7.26. The van der Waals surface area contributed by atoms with E-state index in [1.165, 1.54) is 23.8 Å². The molecule has 0 saturated carbocycles. The molecule has 3 rings (SSSR count). The lowest BCUT2D eigenvalue weighted by Gasteiger charge is -2.33. The number of thioether (sulfide) groups is 1. The van der Waals surface area contributed by atoms with Gasteiger partial charge in [0.05, 0.1) is 47.7 Å². The molecule has 32 heavy (non-hydrogen) atoms. The monoisotopic (exact) mass is 460 g/mol. The van der Waals surface area contributed by atoms with Crippen molar-refractivity contribution in [3.8, 4) is 5.75 Å². The summed E-state index contributed by atoms with van der Waals surface area (Å²) in [5, 5.41) is -0.0780. The molecule has 172 valence electrons. The molecule has 0 bridgehead atoms. The minimum atomic E-state index is -0.866. The normalized spacial score (nSPS) is 20.4. The highest BCUT2D eigenvalue weighted by molar-refractivity contribution is 8.04. The van der Waals surface area contributed by atoms with Crippen molar-refractivity contribution in [1.82, 2.24) is 4.90 Å². The van der Waals surface area contributed by atoms with Crippen molar-refractivity contribution in [3.05, 3.63) is 51.8 Å². The van der Waals surface area contributed by atoms with Gasteiger partial charge in [-0.2, -0.15) is 0 Å². The van der Waals surface area contributed by atoms with E-state index in [-0.39, 0.29) is 36.1 Å². The number of amides is 1. The first-order chi connectivity index (χ1) is 15.3. The zero-order chi connectivity index (χ0) is 23.4. The molecule has 9 heteroatoms. The molecule has 2 atom stereocenters. The van der Waals surface area contributed by atoms with Gasteiger partial charge in [-0.1, -0.05) is 37.2 Å². The predicted octanol–water partition coefficient (Wildman–Crippen LogP) is 3.04. The smallest absolute Gasteiger partial charge is 0.338 e. The van der Waals surface area contributed by atoms with Gasteiger partial charge in [-0.3, -0.25) is 9.69 Å². The molecule has 1 amide bonds. The highest BCUT2D eigenvalue weighted by Crippen LogP contribution is 2.50. The van der Waals surface area contributed by atoms with Crippen LogP contribution in [0, 0.1) is 0 Å². The van der Waals surface area contributed by atoms with E-state index in [1.54, 1.807) is 38.1 Å². The van der Waals surface area contributed by atoms with E-state index in [2.05, 4.69) is 0 Å². The topological polar surface area (TPSA) is 108 Å². The Morgan fingerprint density at radius 1 is 1.16 bits per heavy atom. The fraction of sp³-hybridized carbons (Fsp3) is 0.435. The van der Waals surface area contributed by atoms with Crippen LogP contribution in [0.2, 0.25) is 0 Å². The number of nitrogens with two attached hydrogens (primary N) is 1.